The monoisotopic (exact) mass is 723 g/mol. The lowest BCUT2D eigenvalue weighted by molar-refractivity contribution is -0.135. The third-order valence-electron chi connectivity index (χ3n) is 8.89. The van der Waals surface area contributed by atoms with Gasteiger partial charge in [0.25, 0.3) is 0 Å². The smallest absolute Gasteiger partial charge is 0.331 e. The van der Waals surface area contributed by atoms with Crippen LogP contribution >= 0.6 is 0 Å². The average Bonchev–Trinajstić information content (AvgIpc) is 3.18. The third kappa shape index (κ3) is 10.3. The SMILES string of the molecule is CN(C)c1ccccc1OC(=O)CN1Cc2cccc(OCCCC(=O)N(Cc3ccccc3)Cc3ccccc3)c2N=C1NC(=O)Cc1ccccc1. The van der Waals surface area contributed by atoms with Crippen molar-refractivity contribution in [2.24, 2.45) is 4.99 Å². The van der Waals surface area contributed by atoms with Crippen molar-refractivity contribution in [3.63, 3.8) is 0 Å². The molecule has 5 aromatic carbocycles. The average molecular weight is 724 g/mol. The van der Waals surface area contributed by atoms with Crippen LogP contribution in [0, 0.1) is 0 Å². The van der Waals surface area contributed by atoms with Gasteiger partial charge in [0.2, 0.25) is 17.8 Å². The first kappa shape index (κ1) is 37.3. The molecule has 0 aromatic heterocycles. The number of rotatable bonds is 15. The normalized spacial score (nSPS) is 11.9. The summed E-state index contributed by atoms with van der Waals surface area (Å²) in [6, 6.07) is 42.3. The van der Waals surface area contributed by atoms with Crippen LogP contribution in [0.1, 0.15) is 35.1 Å². The summed E-state index contributed by atoms with van der Waals surface area (Å²) in [5.74, 6) is 0.468. The molecular weight excluding hydrogens is 679 g/mol. The Bertz CT molecular complexity index is 2010. The molecule has 0 unspecified atom stereocenters. The maximum Gasteiger partial charge on any atom is 0.331 e. The maximum absolute atomic E-state index is 13.5. The van der Waals surface area contributed by atoms with Crippen molar-refractivity contribution >= 4 is 35.1 Å². The van der Waals surface area contributed by atoms with Crippen molar-refractivity contribution in [1.29, 1.82) is 0 Å². The van der Waals surface area contributed by atoms with Crippen LogP contribution in [0.25, 0.3) is 0 Å². The number of para-hydroxylation sites is 3. The number of nitrogens with zero attached hydrogens (tertiary/aromatic N) is 4. The molecule has 0 saturated carbocycles. The molecule has 0 atom stereocenters. The summed E-state index contributed by atoms with van der Waals surface area (Å²) in [6.07, 6.45) is 0.948. The standard InChI is InChI=1S/C44H45N5O5/c1-47(2)37-23-12-13-24-38(37)54-42(52)32-49-31-36-22-14-25-39(43(36)46-44(49)45-40(50)28-33-16-6-3-7-17-33)53-27-15-26-41(51)48(29-34-18-8-4-9-19-34)30-35-20-10-5-11-21-35/h3-14,16-25H,15,26-32H2,1-2H3,(H,45,46,50). The van der Waals surface area contributed by atoms with Crippen LogP contribution in [0.15, 0.2) is 138 Å². The summed E-state index contributed by atoms with van der Waals surface area (Å²) < 4.78 is 12.0. The zero-order valence-electron chi connectivity index (χ0n) is 30.7. The zero-order chi connectivity index (χ0) is 37.7. The highest BCUT2D eigenvalue weighted by molar-refractivity contribution is 6.01. The Kier molecular flexibility index (Phi) is 12.7. The van der Waals surface area contributed by atoms with E-state index < -0.39 is 5.97 Å². The molecule has 276 valence electrons. The van der Waals surface area contributed by atoms with Crippen molar-refractivity contribution < 1.29 is 23.9 Å². The van der Waals surface area contributed by atoms with E-state index in [4.69, 9.17) is 14.5 Å². The lowest BCUT2D eigenvalue weighted by Gasteiger charge is -2.30. The molecule has 0 aliphatic carbocycles. The lowest BCUT2D eigenvalue weighted by atomic mass is 10.1. The molecule has 1 heterocycles. The second-order valence-electron chi connectivity index (χ2n) is 13.3. The van der Waals surface area contributed by atoms with Crippen LogP contribution in [-0.4, -0.2) is 60.8 Å². The molecule has 0 radical (unpaired) electrons. The van der Waals surface area contributed by atoms with Gasteiger partial charge in [0, 0.05) is 45.7 Å². The van der Waals surface area contributed by atoms with E-state index in [1.165, 1.54) is 0 Å². The van der Waals surface area contributed by atoms with E-state index in [9.17, 15) is 14.4 Å². The fraction of sp³-hybridized carbons (Fsp3) is 0.227. The minimum atomic E-state index is -0.497. The summed E-state index contributed by atoms with van der Waals surface area (Å²) in [4.78, 5) is 50.4. The number of nitrogens with one attached hydrogen (secondary N) is 1. The van der Waals surface area contributed by atoms with Crippen molar-refractivity contribution in [2.75, 3.05) is 32.1 Å². The second kappa shape index (κ2) is 18.4. The Balaban J connectivity index is 1.14. The molecule has 0 bridgehead atoms. The molecule has 0 spiro atoms. The van der Waals surface area contributed by atoms with E-state index in [0.717, 1.165) is 27.9 Å². The van der Waals surface area contributed by atoms with Crippen LogP contribution in [0.4, 0.5) is 11.4 Å². The molecule has 2 amide bonds. The number of aliphatic imine (C=N–C) groups is 1. The number of fused-ring (bicyclic) bond motifs is 1. The van der Waals surface area contributed by atoms with Crippen molar-refractivity contribution in [3.05, 3.63) is 156 Å². The molecule has 1 aliphatic heterocycles. The molecule has 1 N–H and O–H groups in total. The zero-order valence-corrected chi connectivity index (χ0v) is 30.7. The fourth-order valence-corrected chi connectivity index (χ4v) is 6.21. The van der Waals surface area contributed by atoms with Gasteiger partial charge in [-0.15, -0.1) is 0 Å². The Morgan fingerprint density at radius 1 is 0.722 bits per heavy atom. The molecule has 0 fully saturated rings. The van der Waals surface area contributed by atoms with Crippen molar-refractivity contribution in [3.8, 4) is 11.5 Å². The van der Waals surface area contributed by atoms with Gasteiger partial charge in [0.15, 0.2) is 5.75 Å². The highest BCUT2D eigenvalue weighted by Crippen LogP contribution is 2.36. The minimum absolute atomic E-state index is 0.0403. The van der Waals surface area contributed by atoms with Crippen LogP contribution in [0.2, 0.25) is 0 Å². The van der Waals surface area contributed by atoms with Crippen molar-refractivity contribution in [2.45, 2.75) is 38.9 Å². The first-order valence-corrected chi connectivity index (χ1v) is 18.1. The Labute approximate surface area is 316 Å². The molecule has 10 nitrogen and oxygen atoms in total. The van der Waals surface area contributed by atoms with Crippen LogP contribution in [0.3, 0.4) is 0 Å². The number of ether oxygens (including phenoxy) is 2. The number of hydrogen-bond acceptors (Lipinski definition) is 8. The van der Waals surface area contributed by atoms with E-state index in [0.29, 0.717) is 49.7 Å². The third-order valence-corrected chi connectivity index (χ3v) is 8.89. The van der Waals surface area contributed by atoms with Crippen LogP contribution in [0.5, 0.6) is 11.5 Å². The summed E-state index contributed by atoms with van der Waals surface area (Å²) in [6.45, 7) is 1.46. The number of amides is 2. The minimum Gasteiger partial charge on any atom is -0.491 e. The number of esters is 1. The second-order valence-corrected chi connectivity index (χ2v) is 13.3. The highest BCUT2D eigenvalue weighted by atomic mass is 16.5. The number of anilines is 1. The van der Waals surface area contributed by atoms with E-state index in [1.807, 2.05) is 151 Å². The quantitative estimate of drug-likeness (QED) is 0.0712. The van der Waals surface area contributed by atoms with Crippen molar-refractivity contribution in [1.82, 2.24) is 15.1 Å². The van der Waals surface area contributed by atoms with Crippen LogP contribution < -0.4 is 19.7 Å². The highest BCUT2D eigenvalue weighted by Gasteiger charge is 2.27. The molecule has 5 aromatic rings. The Morgan fingerprint density at radius 2 is 1.31 bits per heavy atom. The van der Waals surface area contributed by atoms with E-state index >= 15 is 0 Å². The van der Waals surface area contributed by atoms with Gasteiger partial charge in [-0.2, -0.15) is 0 Å². The molecule has 1 aliphatic rings. The first-order chi connectivity index (χ1) is 26.3. The van der Waals surface area contributed by atoms with E-state index in [2.05, 4.69) is 5.32 Å². The van der Waals surface area contributed by atoms with Gasteiger partial charge in [-0.05, 0) is 41.3 Å². The summed E-state index contributed by atoms with van der Waals surface area (Å²) >= 11 is 0. The molecule has 0 saturated heterocycles. The summed E-state index contributed by atoms with van der Waals surface area (Å²) in [7, 11) is 3.76. The van der Waals surface area contributed by atoms with Gasteiger partial charge in [-0.3, -0.25) is 14.9 Å². The van der Waals surface area contributed by atoms with Gasteiger partial charge in [0.05, 0.1) is 18.7 Å². The van der Waals surface area contributed by atoms with E-state index in [-0.39, 0.29) is 37.3 Å². The Morgan fingerprint density at radius 3 is 1.96 bits per heavy atom. The molecule has 10 heteroatoms. The number of carbonyl (C=O) groups excluding carboxylic acids is 3. The van der Waals surface area contributed by atoms with Gasteiger partial charge >= 0.3 is 5.97 Å². The summed E-state index contributed by atoms with van der Waals surface area (Å²) in [5, 5.41) is 2.93. The van der Waals surface area contributed by atoms with Gasteiger partial charge in [-0.1, -0.05) is 115 Å². The fourth-order valence-electron chi connectivity index (χ4n) is 6.21. The lowest BCUT2D eigenvalue weighted by Crippen LogP contribution is -2.48. The maximum atomic E-state index is 13.5. The summed E-state index contributed by atoms with van der Waals surface area (Å²) in [5.41, 5.74) is 5.14. The van der Waals surface area contributed by atoms with Gasteiger partial charge < -0.3 is 24.2 Å². The van der Waals surface area contributed by atoms with Gasteiger partial charge in [-0.25, -0.2) is 9.79 Å². The van der Waals surface area contributed by atoms with E-state index in [1.54, 1.807) is 11.0 Å². The number of benzene rings is 5. The van der Waals surface area contributed by atoms with Crippen LogP contribution in [-0.2, 0) is 40.4 Å². The number of hydrogen-bond donors (Lipinski definition) is 1. The predicted molar refractivity (Wildman–Crippen MR) is 211 cm³/mol. The number of guanidine groups is 1. The predicted octanol–water partition coefficient (Wildman–Crippen LogP) is 6.91. The molecule has 54 heavy (non-hydrogen) atoms. The topological polar surface area (TPSA) is 104 Å². The molecular formula is C44H45N5O5. The largest absolute Gasteiger partial charge is 0.491 e. The number of carbonyl (C=O) groups is 3. The Hall–Kier alpha value is -6.42. The van der Waals surface area contributed by atoms with Gasteiger partial charge in [0.1, 0.15) is 18.0 Å². The molecule has 6 rings (SSSR count). The first-order valence-electron chi connectivity index (χ1n) is 18.1.